The van der Waals surface area contributed by atoms with Crippen LogP contribution in [-0.2, 0) is 19.0 Å². The molecule has 2 aromatic rings. The molecule has 1 fully saturated rings. The lowest BCUT2D eigenvalue weighted by Gasteiger charge is -2.10. The van der Waals surface area contributed by atoms with Gasteiger partial charge in [-0.05, 0) is 48.4 Å². The molecule has 0 heterocycles. The van der Waals surface area contributed by atoms with Crippen molar-refractivity contribution in [3.8, 4) is 5.75 Å². The lowest BCUT2D eigenvalue weighted by Crippen LogP contribution is -2.09. The second-order valence-electron chi connectivity index (χ2n) is 8.08. The van der Waals surface area contributed by atoms with E-state index in [1.807, 2.05) is 0 Å². The smallest absolute Gasteiger partial charge is 0.343 e. The first-order valence-corrected chi connectivity index (χ1v) is 11.4. The summed E-state index contributed by atoms with van der Waals surface area (Å²) >= 11 is 0. The highest BCUT2D eigenvalue weighted by Gasteiger charge is 2.45. The number of rotatable bonds is 13. The Kier molecular flexibility index (Phi) is 9.00. The molecule has 0 radical (unpaired) electrons. The Balaban J connectivity index is 1.41. The van der Waals surface area contributed by atoms with Crippen molar-refractivity contribution in [3.63, 3.8) is 0 Å². The van der Waals surface area contributed by atoms with Gasteiger partial charge in [0, 0.05) is 24.3 Å². The van der Waals surface area contributed by atoms with E-state index in [0.717, 1.165) is 11.6 Å². The molecule has 36 heavy (non-hydrogen) atoms. The van der Waals surface area contributed by atoms with Crippen LogP contribution in [0.4, 0.5) is 0 Å². The number of esters is 3. The van der Waals surface area contributed by atoms with Gasteiger partial charge in [0.05, 0.1) is 24.3 Å². The van der Waals surface area contributed by atoms with Gasteiger partial charge in [-0.2, -0.15) is 0 Å². The fraction of sp³-hybridized carbons (Fsp3) is 0.207. The Morgan fingerprint density at radius 1 is 0.806 bits per heavy atom. The molecule has 0 spiro atoms. The Labute approximate surface area is 210 Å². The predicted octanol–water partition coefficient (Wildman–Crippen LogP) is 5.51. The van der Waals surface area contributed by atoms with Crippen LogP contribution in [0, 0.1) is 11.8 Å². The third kappa shape index (κ3) is 7.30. The van der Waals surface area contributed by atoms with Crippen LogP contribution in [0.25, 0.3) is 6.08 Å². The maximum absolute atomic E-state index is 12.5. The lowest BCUT2D eigenvalue weighted by atomic mass is 10.1. The molecule has 0 amide bonds. The Morgan fingerprint density at radius 2 is 1.33 bits per heavy atom. The summed E-state index contributed by atoms with van der Waals surface area (Å²) in [5, 5.41) is 0. The first kappa shape index (κ1) is 26.2. The zero-order valence-electron chi connectivity index (χ0n) is 19.9. The highest BCUT2D eigenvalue weighted by Crippen LogP contribution is 2.48. The zero-order chi connectivity index (χ0) is 26.1. The molecule has 2 atom stereocenters. The quantitative estimate of drug-likeness (QED) is 0.121. The predicted molar refractivity (Wildman–Crippen MR) is 135 cm³/mol. The van der Waals surface area contributed by atoms with E-state index in [0.29, 0.717) is 47.8 Å². The molecule has 1 aliphatic carbocycles. The fourth-order valence-corrected chi connectivity index (χ4v) is 3.34. The van der Waals surface area contributed by atoms with E-state index in [9.17, 15) is 14.4 Å². The molecule has 1 saturated carbocycles. The van der Waals surface area contributed by atoms with Crippen LogP contribution >= 0.6 is 0 Å². The topological polar surface area (TPSA) is 88.1 Å². The molecule has 7 nitrogen and oxygen atoms in total. The Hall–Kier alpha value is -4.39. The van der Waals surface area contributed by atoms with Crippen LogP contribution < -0.4 is 4.74 Å². The highest BCUT2D eigenvalue weighted by atomic mass is 16.5. The lowest BCUT2D eigenvalue weighted by molar-refractivity contribution is -0.137. The van der Waals surface area contributed by atoms with Crippen molar-refractivity contribution >= 4 is 24.0 Å². The summed E-state index contributed by atoms with van der Waals surface area (Å²) in [7, 11) is 0. The number of hydrogen-bond donors (Lipinski definition) is 0. The Bertz CT molecular complexity index is 1160. The number of allylic oxidation sites excluding steroid dienone is 2. The van der Waals surface area contributed by atoms with Gasteiger partial charge in [0.25, 0.3) is 0 Å². The molecule has 2 unspecified atom stereocenters. The van der Waals surface area contributed by atoms with Crippen molar-refractivity contribution in [2.75, 3.05) is 13.2 Å². The molecule has 0 saturated heterocycles. The van der Waals surface area contributed by atoms with E-state index < -0.39 is 17.9 Å². The van der Waals surface area contributed by atoms with Crippen molar-refractivity contribution in [1.82, 2.24) is 0 Å². The minimum atomic E-state index is -0.543. The summed E-state index contributed by atoms with van der Waals surface area (Å²) in [6.45, 7) is 15.3. The molecule has 7 heteroatoms. The average molecular weight is 489 g/mol. The van der Waals surface area contributed by atoms with Gasteiger partial charge in [-0.1, -0.05) is 44.5 Å². The summed E-state index contributed by atoms with van der Waals surface area (Å²) < 4.78 is 21.2. The first-order valence-electron chi connectivity index (χ1n) is 11.4. The summed E-state index contributed by atoms with van der Waals surface area (Å²) in [4.78, 5) is 35.8. The van der Waals surface area contributed by atoms with E-state index in [1.165, 1.54) is 0 Å². The zero-order valence-corrected chi connectivity index (χ0v) is 19.9. The van der Waals surface area contributed by atoms with Gasteiger partial charge < -0.3 is 18.9 Å². The molecule has 0 aromatic heterocycles. The van der Waals surface area contributed by atoms with Gasteiger partial charge in [0.15, 0.2) is 0 Å². The summed E-state index contributed by atoms with van der Waals surface area (Å²) in [5.74, 6) is -0.638. The number of hydrogen-bond acceptors (Lipinski definition) is 7. The van der Waals surface area contributed by atoms with Crippen molar-refractivity contribution in [1.29, 1.82) is 0 Å². The fourth-order valence-electron chi connectivity index (χ4n) is 3.34. The standard InChI is InChI=1S/C29H28O7/c1-5-21-8-10-22(11-9-21)28(31)35-19(3)25-18-26(25)20(4)36-29(32)23-12-14-24(15-13-23)33-16-7-17-34-27(30)6-2/h5-6,8-15,25-26H,1-4,7,16-18H2. The van der Waals surface area contributed by atoms with Crippen molar-refractivity contribution in [3.05, 3.63) is 109 Å². The average Bonchev–Trinajstić information content (AvgIpc) is 3.70. The molecule has 0 aliphatic heterocycles. The van der Waals surface area contributed by atoms with E-state index >= 15 is 0 Å². The molecular weight excluding hydrogens is 460 g/mol. The van der Waals surface area contributed by atoms with E-state index in [1.54, 1.807) is 54.6 Å². The van der Waals surface area contributed by atoms with E-state index in [-0.39, 0.29) is 18.4 Å². The van der Waals surface area contributed by atoms with Crippen LogP contribution in [0.15, 0.2) is 92.4 Å². The molecule has 1 aliphatic rings. The molecule has 3 rings (SSSR count). The van der Waals surface area contributed by atoms with Crippen molar-refractivity contribution in [2.24, 2.45) is 11.8 Å². The summed E-state index contributed by atoms with van der Waals surface area (Å²) in [6.07, 6.45) is 3.94. The maximum Gasteiger partial charge on any atom is 0.343 e. The summed E-state index contributed by atoms with van der Waals surface area (Å²) in [5.41, 5.74) is 1.65. The normalized spacial score (nSPS) is 15.7. The number of carbonyl (C=O) groups excluding carboxylic acids is 3. The highest BCUT2D eigenvalue weighted by molar-refractivity contribution is 5.91. The molecule has 0 N–H and O–H groups in total. The van der Waals surface area contributed by atoms with E-state index in [4.69, 9.17) is 18.9 Å². The van der Waals surface area contributed by atoms with Gasteiger partial charge in [0.2, 0.25) is 0 Å². The van der Waals surface area contributed by atoms with Crippen LogP contribution in [0.2, 0.25) is 0 Å². The third-order valence-corrected chi connectivity index (χ3v) is 5.51. The second-order valence-corrected chi connectivity index (χ2v) is 8.08. The first-order chi connectivity index (χ1) is 17.3. The van der Waals surface area contributed by atoms with Gasteiger partial charge in [-0.3, -0.25) is 0 Å². The number of carbonyl (C=O) groups is 3. The largest absolute Gasteiger partial charge is 0.493 e. The SMILES string of the molecule is C=CC(=O)OCCCOc1ccc(C(=O)OC(=C)C2CC2C(=C)OC(=O)c2ccc(C=C)cc2)cc1. The van der Waals surface area contributed by atoms with Crippen LogP contribution in [0.5, 0.6) is 5.75 Å². The van der Waals surface area contributed by atoms with Gasteiger partial charge in [0.1, 0.15) is 17.3 Å². The third-order valence-electron chi connectivity index (χ3n) is 5.51. The second kappa shape index (κ2) is 12.4. The van der Waals surface area contributed by atoms with Gasteiger partial charge in [-0.25, -0.2) is 14.4 Å². The molecule has 0 bridgehead atoms. The molecular formula is C29H28O7. The number of benzene rings is 2. The minimum Gasteiger partial charge on any atom is -0.493 e. The monoisotopic (exact) mass is 488 g/mol. The van der Waals surface area contributed by atoms with E-state index in [2.05, 4.69) is 26.3 Å². The molecule has 2 aromatic carbocycles. The molecule has 186 valence electrons. The Morgan fingerprint density at radius 3 is 1.83 bits per heavy atom. The van der Waals surface area contributed by atoms with Gasteiger partial charge >= 0.3 is 17.9 Å². The number of ether oxygens (including phenoxy) is 4. The van der Waals surface area contributed by atoms with Crippen molar-refractivity contribution in [2.45, 2.75) is 12.8 Å². The van der Waals surface area contributed by atoms with Crippen molar-refractivity contribution < 1.29 is 33.3 Å². The maximum atomic E-state index is 12.5. The van der Waals surface area contributed by atoms with Crippen LogP contribution in [0.3, 0.4) is 0 Å². The van der Waals surface area contributed by atoms with Gasteiger partial charge in [-0.15, -0.1) is 0 Å². The van der Waals surface area contributed by atoms with Crippen LogP contribution in [-0.4, -0.2) is 31.1 Å². The summed E-state index contributed by atoms with van der Waals surface area (Å²) in [6, 6.07) is 13.4. The minimum absolute atomic E-state index is 0.150. The van der Waals surface area contributed by atoms with Crippen LogP contribution in [0.1, 0.15) is 39.1 Å².